The lowest BCUT2D eigenvalue weighted by Gasteiger charge is -2.44. The molecule has 2 aromatic heterocycles. The Morgan fingerprint density at radius 3 is 1.86 bits per heavy atom. The van der Waals surface area contributed by atoms with E-state index in [1.165, 1.54) is 123 Å². The summed E-state index contributed by atoms with van der Waals surface area (Å²) in [5.41, 5.74) is 22.6. The van der Waals surface area contributed by atoms with E-state index in [4.69, 9.17) is 4.42 Å². The van der Waals surface area contributed by atoms with Crippen molar-refractivity contribution in [3.63, 3.8) is 0 Å². The first-order chi connectivity index (χ1) is 30.7. The number of thiophene rings is 1. The molecule has 0 amide bonds. The van der Waals surface area contributed by atoms with Gasteiger partial charge in [-0.05, 0) is 168 Å². The summed E-state index contributed by atoms with van der Waals surface area (Å²) in [5, 5.41) is 3.75. The standard InChI is InChI=1S/C60H54BNOS/c1-57(2)25-27-59(5,6)44-33-48(39(31-42(44)57)35-17-10-9-11-18-35)62-47-22-14-13-21-46(47)61-55-41(54-40-32-43-45(34-52(40)64-56(54)61)60(7,8)28-26-58(43,3)4)29-36(30-49(55)62)37-20-16-24-51-53(37)38-19-12-15-23-50(38)63-51/h9-24,29-34H,25-28H2,1-8H3. The van der Waals surface area contributed by atoms with Crippen LogP contribution >= 0.6 is 11.3 Å². The molecule has 314 valence electrons. The van der Waals surface area contributed by atoms with Gasteiger partial charge in [0.15, 0.2) is 0 Å². The Balaban J connectivity index is 1.17. The van der Waals surface area contributed by atoms with E-state index in [1.807, 2.05) is 11.3 Å². The first-order valence-electron chi connectivity index (χ1n) is 23.5. The first kappa shape index (κ1) is 38.6. The van der Waals surface area contributed by atoms with Gasteiger partial charge in [-0.1, -0.05) is 134 Å². The zero-order valence-corrected chi connectivity index (χ0v) is 39.2. The molecule has 2 aliphatic heterocycles. The maximum atomic E-state index is 6.56. The molecule has 0 radical (unpaired) electrons. The number of hydrogen-bond donors (Lipinski definition) is 0. The van der Waals surface area contributed by atoms with Crippen molar-refractivity contribution < 1.29 is 4.42 Å². The van der Waals surface area contributed by atoms with E-state index in [9.17, 15) is 0 Å². The second-order valence-corrected chi connectivity index (χ2v) is 23.2. The van der Waals surface area contributed by atoms with Gasteiger partial charge in [0.1, 0.15) is 11.2 Å². The Hall–Kier alpha value is -5.84. The summed E-state index contributed by atoms with van der Waals surface area (Å²) in [6.07, 6.45) is 4.74. The highest BCUT2D eigenvalue weighted by molar-refractivity contribution is 7.34. The third-order valence-electron chi connectivity index (χ3n) is 16.4. The molecular weight excluding hydrogens is 794 g/mol. The van der Waals surface area contributed by atoms with Crippen molar-refractivity contribution in [2.45, 2.75) is 103 Å². The number of anilines is 3. The van der Waals surface area contributed by atoms with Gasteiger partial charge in [0.25, 0.3) is 6.71 Å². The number of para-hydroxylation sites is 2. The van der Waals surface area contributed by atoms with Crippen molar-refractivity contribution in [3.05, 3.63) is 156 Å². The van der Waals surface area contributed by atoms with E-state index in [1.54, 1.807) is 0 Å². The van der Waals surface area contributed by atoms with Crippen LogP contribution in [0.4, 0.5) is 17.1 Å². The van der Waals surface area contributed by atoms with Crippen molar-refractivity contribution >= 4 is 82.8 Å². The fraction of sp³-hybridized carbons (Fsp3) is 0.267. The van der Waals surface area contributed by atoms with Gasteiger partial charge in [-0.25, -0.2) is 0 Å². The van der Waals surface area contributed by atoms with Gasteiger partial charge in [0.05, 0.1) is 5.69 Å². The van der Waals surface area contributed by atoms with Gasteiger partial charge in [0, 0.05) is 37.8 Å². The molecule has 4 aliphatic rings. The largest absolute Gasteiger partial charge is 0.456 e. The molecule has 64 heavy (non-hydrogen) atoms. The Morgan fingerprint density at radius 2 is 1.11 bits per heavy atom. The van der Waals surface area contributed by atoms with Crippen LogP contribution in [0.2, 0.25) is 0 Å². The summed E-state index contributed by atoms with van der Waals surface area (Å²) in [7, 11) is 0. The van der Waals surface area contributed by atoms with Crippen LogP contribution in [0.1, 0.15) is 103 Å². The number of benzene rings is 7. The number of furan rings is 1. The van der Waals surface area contributed by atoms with Gasteiger partial charge in [-0.2, -0.15) is 0 Å². The minimum Gasteiger partial charge on any atom is -0.456 e. The second-order valence-electron chi connectivity index (χ2n) is 22.1. The van der Waals surface area contributed by atoms with Gasteiger partial charge in [-0.3, -0.25) is 0 Å². The molecule has 0 fully saturated rings. The molecule has 0 N–H and O–H groups in total. The fourth-order valence-corrected chi connectivity index (χ4v) is 13.9. The van der Waals surface area contributed by atoms with Crippen LogP contribution in [0.3, 0.4) is 0 Å². The molecule has 2 nitrogen and oxygen atoms in total. The van der Waals surface area contributed by atoms with Crippen LogP contribution in [0, 0.1) is 0 Å². The van der Waals surface area contributed by atoms with E-state index in [0.29, 0.717) is 0 Å². The monoisotopic (exact) mass is 847 g/mol. The van der Waals surface area contributed by atoms with Gasteiger partial charge in [0.2, 0.25) is 0 Å². The van der Waals surface area contributed by atoms with Crippen LogP contribution in [0.5, 0.6) is 0 Å². The maximum Gasteiger partial charge on any atom is 0.260 e. The normalized spacial score (nSPS) is 18.2. The van der Waals surface area contributed by atoms with Crippen LogP contribution in [0.15, 0.2) is 138 Å². The molecule has 0 atom stereocenters. The number of nitrogens with zero attached hydrogens (tertiary/aromatic N) is 1. The molecule has 9 aromatic rings. The molecule has 0 saturated heterocycles. The SMILES string of the molecule is CC1(C)CCC(C)(C)c2cc(N3c4ccccc4B4c5sc6cc7c(cc6c5-c5cc(-c6cccc8oc9ccccc9c68)cc3c54)C(C)(C)CCC7(C)C)c(-c3ccccc3)cc21. The van der Waals surface area contributed by atoms with Crippen molar-refractivity contribution in [2.24, 2.45) is 0 Å². The average Bonchev–Trinajstić information content (AvgIpc) is 3.96. The molecule has 0 spiro atoms. The lowest BCUT2D eigenvalue weighted by atomic mass is 9.39. The molecule has 0 bridgehead atoms. The molecule has 0 unspecified atom stereocenters. The highest BCUT2D eigenvalue weighted by atomic mass is 32.1. The van der Waals surface area contributed by atoms with E-state index in [2.05, 4.69) is 194 Å². The van der Waals surface area contributed by atoms with Crippen LogP contribution in [-0.2, 0) is 21.7 Å². The summed E-state index contributed by atoms with van der Waals surface area (Å²) >= 11 is 2.04. The maximum absolute atomic E-state index is 6.56. The minimum atomic E-state index is 0.0407. The van der Waals surface area contributed by atoms with Gasteiger partial charge < -0.3 is 9.32 Å². The zero-order chi connectivity index (χ0) is 43.7. The second kappa shape index (κ2) is 12.9. The molecule has 0 saturated carbocycles. The van der Waals surface area contributed by atoms with Crippen molar-refractivity contribution in [3.8, 4) is 33.4 Å². The lowest BCUT2D eigenvalue weighted by molar-refractivity contribution is 0.332. The summed E-state index contributed by atoms with van der Waals surface area (Å²) < 4.78 is 9.47. The third-order valence-corrected chi connectivity index (χ3v) is 17.6. The summed E-state index contributed by atoms with van der Waals surface area (Å²) in [5.74, 6) is 0. The lowest BCUT2D eigenvalue weighted by Crippen LogP contribution is -2.54. The summed E-state index contributed by atoms with van der Waals surface area (Å²) in [4.78, 5) is 2.67. The topological polar surface area (TPSA) is 16.4 Å². The predicted molar refractivity (Wildman–Crippen MR) is 275 cm³/mol. The minimum absolute atomic E-state index is 0.0407. The molecular formula is C60H54BNOS. The number of rotatable bonds is 3. The molecule has 7 aromatic carbocycles. The quantitative estimate of drug-likeness (QED) is 0.165. The predicted octanol–water partition coefficient (Wildman–Crippen LogP) is 15.1. The molecule has 13 rings (SSSR count). The molecule has 4 heterocycles. The van der Waals surface area contributed by atoms with Crippen LogP contribution < -0.4 is 20.6 Å². The smallest absolute Gasteiger partial charge is 0.260 e. The summed E-state index contributed by atoms with van der Waals surface area (Å²) in [6.45, 7) is 19.8. The van der Waals surface area contributed by atoms with Crippen LogP contribution in [-0.4, -0.2) is 6.71 Å². The Bertz CT molecular complexity index is 3470. The van der Waals surface area contributed by atoms with E-state index in [-0.39, 0.29) is 28.4 Å². The van der Waals surface area contributed by atoms with Gasteiger partial charge in [-0.15, -0.1) is 11.3 Å². The Kier molecular flexibility index (Phi) is 7.79. The summed E-state index contributed by atoms with van der Waals surface area (Å²) in [6, 6.07) is 51.2. The van der Waals surface area contributed by atoms with E-state index in [0.717, 1.165) is 23.0 Å². The molecule has 4 heteroatoms. The van der Waals surface area contributed by atoms with Crippen molar-refractivity contribution in [2.75, 3.05) is 4.90 Å². The van der Waals surface area contributed by atoms with Crippen LogP contribution in [0.25, 0.3) is 65.4 Å². The van der Waals surface area contributed by atoms with Crippen molar-refractivity contribution in [1.82, 2.24) is 0 Å². The number of hydrogen-bond acceptors (Lipinski definition) is 3. The van der Waals surface area contributed by atoms with E-state index < -0.39 is 0 Å². The Labute approximate surface area is 382 Å². The first-order valence-corrected chi connectivity index (χ1v) is 24.4. The highest BCUT2D eigenvalue weighted by Crippen LogP contribution is 2.55. The third kappa shape index (κ3) is 5.27. The van der Waals surface area contributed by atoms with Gasteiger partial charge >= 0.3 is 0 Å². The molecule has 2 aliphatic carbocycles. The van der Waals surface area contributed by atoms with Crippen molar-refractivity contribution in [1.29, 1.82) is 0 Å². The zero-order valence-electron chi connectivity index (χ0n) is 38.4. The van der Waals surface area contributed by atoms with E-state index >= 15 is 0 Å². The highest BCUT2D eigenvalue weighted by Gasteiger charge is 2.47. The average molecular weight is 848 g/mol. The number of fused-ring (bicyclic) bond motifs is 12. The fourth-order valence-electron chi connectivity index (χ4n) is 12.5. The Morgan fingerprint density at radius 1 is 0.484 bits per heavy atom.